The van der Waals surface area contributed by atoms with Gasteiger partial charge in [-0.25, -0.2) is 0 Å². The Morgan fingerprint density at radius 3 is 2.41 bits per heavy atom. The minimum absolute atomic E-state index is 0.0431. The van der Waals surface area contributed by atoms with Gasteiger partial charge in [-0.15, -0.1) is 0 Å². The molecule has 0 spiro atoms. The van der Waals surface area contributed by atoms with Crippen LogP contribution in [0.4, 0.5) is 11.4 Å². The fraction of sp³-hybridized carbons (Fsp3) is 0.222. The minimum Gasteiger partial charge on any atom is -0.456 e. The number of benzene rings is 3. The van der Waals surface area contributed by atoms with Crippen LogP contribution >= 0.6 is 23.2 Å². The van der Waals surface area contributed by atoms with Gasteiger partial charge >= 0.3 is 0 Å². The number of allylic oxidation sites excluding steroid dienone is 1. The van der Waals surface area contributed by atoms with E-state index in [4.69, 9.17) is 27.9 Å². The number of ether oxygens (including phenoxy) is 1. The molecule has 3 aromatic carbocycles. The number of hydrogen-bond donors (Lipinski definition) is 0. The molecular weight excluding hydrogens is 439 g/mol. The molecule has 1 aliphatic rings. The molecular formula is C27H26Cl2N2O. The van der Waals surface area contributed by atoms with E-state index in [1.54, 1.807) is 6.07 Å². The largest absolute Gasteiger partial charge is 0.456 e. The van der Waals surface area contributed by atoms with Crippen LogP contribution in [0.5, 0.6) is 11.5 Å². The normalized spacial score (nSPS) is 14.9. The van der Waals surface area contributed by atoms with E-state index in [9.17, 15) is 0 Å². The van der Waals surface area contributed by atoms with Crippen LogP contribution in [-0.4, -0.2) is 18.3 Å². The van der Waals surface area contributed by atoms with Gasteiger partial charge < -0.3 is 9.64 Å². The van der Waals surface area contributed by atoms with Crippen LogP contribution in [0.15, 0.2) is 71.7 Å². The summed E-state index contributed by atoms with van der Waals surface area (Å²) < 4.78 is 5.84. The van der Waals surface area contributed by atoms with Crippen LogP contribution in [0.3, 0.4) is 0 Å². The van der Waals surface area contributed by atoms with Crippen molar-refractivity contribution in [1.29, 1.82) is 0 Å². The second-order valence-electron chi connectivity index (χ2n) is 8.40. The minimum atomic E-state index is -0.0431. The molecule has 0 unspecified atom stereocenters. The number of rotatable bonds is 5. The van der Waals surface area contributed by atoms with E-state index in [-0.39, 0.29) is 5.54 Å². The lowest BCUT2D eigenvalue weighted by Crippen LogP contribution is -2.44. The van der Waals surface area contributed by atoms with Gasteiger partial charge in [0.25, 0.3) is 0 Å². The number of para-hydroxylation sites is 1. The molecule has 0 saturated heterocycles. The molecule has 0 N–H and O–H groups in total. The lowest BCUT2D eigenvalue weighted by Gasteiger charge is -2.43. The number of likely N-dealkylation sites (N-methyl/N-ethyl adjacent to an activating group) is 1. The first-order chi connectivity index (χ1) is 15.3. The lowest BCUT2D eigenvalue weighted by molar-refractivity contribution is 0.483. The summed E-state index contributed by atoms with van der Waals surface area (Å²) in [7, 11) is 0. The second-order valence-corrected chi connectivity index (χ2v) is 9.22. The van der Waals surface area contributed by atoms with Crippen LogP contribution in [0.2, 0.25) is 10.0 Å². The molecule has 0 fully saturated rings. The van der Waals surface area contributed by atoms with Crippen molar-refractivity contribution >= 4 is 46.4 Å². The summed E-state index contributed by atoms with van der Waals surface area (Å²) in [4.78, 5) is 7.00. The van der Waals surface area contributed by atoms with Crippen LogP contribution in [0.1, 0.15) is 38.8 Å². The smallest absolute Gasteiger partial charge is 0.146 e. The molecule has 0 amide bonds. The monoisotopic (exact) mass is 464 g/mol. The van der Waals surface area contributed by atoms with Crippen LogP contribution in [0.25, 0.3) is 5.57 Å². The zero-order valence-corrected chi connectivity index (χ0v) is 20.2. The first-order valence-electron chi connectivity index (χ1n) is 10.7. The lowest BCUT2D eigenvalue weighted by atomic mass is 9.88. The number of aliphatic imine (C=N–C) groups is 1. The fourth-order valence-corrected chi connectivity index (χ4v) is 4.57. The number of anilines is 1. The van der Waals surface area contributed by atoms with E-state index in [2.05, 4.69) is 55.8 Å². The quantitative estimate of drug-likeness (QED) is 0.353. The van der Waals surface area contributed by atoms with Crippen molar-refractivity contribution in [3.63, 3.8) is 0 Å². The van der Waals surface area contributed by atoms with Gasteiger partial charge in [-0.1, -0.05) is 41.4 Å². The van der Waals surface area contributed by atoms with Gasteiger partial charge in [0.15, 0.2) is 0 Å². The molecule has 3 aromatic rings. The summed E-state index contributed by atoms with van der Waals surface area (Å²) in [5.41, 5.74) is 5.28. The Balaban J connectivity index is 1.56. The van der Waals surface area contributed by atoms with Crippen LogP contribution in [0, 0.1) is 0 Å². The summed E-state index contributed by atoms with van der Waals surface area (Å²) >= 11 is 12.8. The molecule has 0 atom stereocenters. The SMILES string of the molecule is CCN1c2cc(Cl)c(C=Nc3ccc(Oc4ccccc4Cl)cc3)cc2C(C)=CC1(C)C. The fourth-order valence-electron chi connectivity index (χ4n) is 4.19. The van der Waals surface area contributed by atoms with Gasteiger partial charge in [-0.2, -0.15) is 0 Å². The zero-order chi connectivity index (χ0) is 22.9. The van der Waals surface area contributed by atoms with E-state index in [1.165, 1.54) is 16.8 Å². The van der Waals surface area contributed by atoms with Gasteiger partial charge in [0, 0.05) is 29.6 Å². The van der Waals surface area contributed by atoms with Crippen molar-refractivity contribution < 1.29 is 4.74 Å². The van der Waals surface area contributed by atoms with E-state index in [0.717, 1.165) is 17.8 Å². The van der Waals surface area contributed by atoms with Crippen molar-refractivity contribution in [2.75, 3.05) is 11.4 Å². The van der Waals surface area contributed by atoms with E-state index in [0.29, 0.717) is 21.5 Å². The Morgan fingerprint density at radius 2 is 1.72 bits per heavy atom. The number of nitrogens with zero attached hydrogens (tertiary/aromatic N) is 2. The molecule has 0 saturated carbocycles. The first kappa shape index (κ1) is 22.4. The summed E-state index contributed by atoms with van der Waals surface area (Å²) in [5.74, 6) is 1.32. The van der Waals surface area contributed by atoms with Crippen LogP contribution in [-0.2, 0) is 0 Å². The molecule has 3 nitrogen and oxygen atoms in total. The summed E-state index contributed by atoms with van der Waals surface area (Å²) in [6.07, 6.45) is 4.13. The Hall–Kier alpha value is -2.75. The summed E-state index contributed by atoms with van der Waals surface area (Å²) in [6, 6.07) is 19.1. The van der Waals surface area contributed by atoms with Crippen molar-refractivity contribution in [1.82, 2.24) is 0 Å². The third-order valence-electron chi connectivity index (χ3n) is 5.67. The van der Waals surface area contributed by atoms with E-state index >= 15 is 0 Å². The molecule has 164 valence electrons. The van der Waals surface area contributed by atoms with Crippen molar-refractivity contribution in [3.8, 4) is 11.5 Å². The predicted molar refractivity (Wildman–Crippen MR) is 137 cm³/mol. The molecule has 1 heterocycles. The zero-order valence-electron chi connectivity index (χ0n) is 18.7. The maximum atomic E-state index is 6.65. The van der Waals surface area contributed by atoms with Gasteiger partial charge in [0.1, 0.15) is 11.5 Å². The van der Waals surface area contributed by atoms with Crippen molar-refractivity contribution in [3.05, 3.63) is 87.9 Å². The molecule has 0 aromatic heterocycles. The third kappa shape index (κ3) is 4.55. The molecule has 0 radical (unpaired) electrons. The summed E-state index contributed by atoms with van der Waals surface area (Å²) in [5, 5.41) is 1.26. The standard InChI is InChI=1S/C27H26Cl2N2O/c1-5-31-25-15-24(29)19(14-22(25)18(2)16-27(31,3)4)17-30-20-10-12-21(13-11-20)32-26-9-7-6-8-23(26)28/h6-17H,5H2,1-4H3. The van der Waals surface area contributed by atoms with E-state index in [1.807, 2.05) is 48.7 Å². The average molecular weight is 465 g/mol. The second kappa shape index (κ2) is 9.01. The number of fused-ring (bicyclic) bond motifs is 1. The molecule has 0 bridgehead atoms. The highest BCUT2D eigenvalue weighted by atomic mass is 35.5. The van der Waals surface area contributed by atoms with E-state index < -0.39 is 0 Å². The highest BCUT2D eigenvalue weighted by molar-refractivity contribution is 6.33. The van der Waals surface area contributed by atoms with Gasteiger partial charge in [0.2, 0.25) is 0 Å². The molecule has 0 aliphatic carbocycles. The molecule has 32 heavy (non-hydrogen) atoms. The van der Waals surface area contributed by atoms with Gasteiger partial charge in [0.05, 0.1) is 21.3 Å². The van der Waals surface area contributed by atoms with Crippen molar-refractivity contribution in [2.45, 2.75) is 33.2 Å². The first-order valence-corrected chi connectivity index (χ1v) is 11.4. The maximum absolute atomic E-state index is 6.65. The Kier molecular flexibility index (Phi) is 6.32. The Morgan fingerprint density at radius 1 is 1.00 bits per heavy atom. The highest BCUT2D eigenvalue weighted by Gasteiger charge is 2.30. The molecule has 5 heteroatoms. The van der Waals surface area contributed by atoms with Gasteiger partial charge in [-0.3, -0.25) is 4.99 Å². The third-order valence-corrected chi connectivity index (χ3v) is 6.31. The molecule has 1 aliphatic heterocycles. The maximum Gasteiger partial charge on any atom is 0.146 e. The number of halogens is 2. The van der Waals surface area contributed by atoms with Crippen LogP contribution < -0.4 is 9.64 Å². The average Bonchev–Trinajstić information content (AvgIpc) is 2.75. The van der Waals surface area contributed by atoms with Gasteiger partial charge in [-0.05, 0) is 81.8 Å². The Labute approximate surface area is 200 Å². The Bertz CT molecular complexity index is 1200. The molecule has 4 rings (SSSR count). The topological polar surface area (TPSA) is 24.8 Å². The highest BCUT2D eigenvalue weighted by Crippen LogP contribution is 2.41. The number of hydrogen-bond acceptors (Lipinski definition) is 3. The predicted octanol–water partition coefficient (Wildman–Crippen LogP) is 8.56. The van der Waals surface area contributed by atoms with Crippen molar-refractivity contribution in [2.24, 2.45) is 4.99 Å². The summed E-state index contributed by atoms with van der Waals surface area (Å²) in [6.45, 7) is 9.69.